The first-order valence-electron chi connectivity index (χ1n) is 7.83. The number of hydrogen-bond acceptors (Lipinski definition) is 3. The minimum Gasteiger partial charge on any atom is -0.311 e. The van der Waals surface area contributed by atoms with Crippen molar-refractivity contribution in [2.24, 2.45) is 0 Å². The molecule has 1 aromatic carbocycles. The zero-order valence-corrected chi connectivity index (χ0v) is 13.9. The van der Waals surface area contributed by atoms with Crippen molar-refractivity contribution in [2.45, 2.75) is 50.4 Å². The lowest BCUT2D eigenvalue weighted by Crippen LogP contribution is -2.46. The van der Waals surface area contributed by atoms with Crippen LogP contribution >= 0.6 is 22.9 Å². The fourth-order valence-electron chi connectivity index (χ4n) is 3.91. The molecule has 0 spiro atoms. The summed E-state index contributed by atoms with van der Waals surface area (Å²) in [5, 5.41) is 5.89. The van der Waals surface area contributed by atoms with Gasteiger partial charge in [0.05, 0.1) is 5.02 Å². The van der Waals surface area contributed by atoms with Gasteiger partial charge in [0.2, 0.25) is 0 Å². The van der Waals surface area contributed by atoms with Gasteiger partial charge in [-0.15, -0.1) is 11.3 Å². The Bertz CT molecular complexity index is 641. The number of benzene rings is 1. The average molecular weight is 321 g/mol. The molecule has 3 heterocycles. The van der Waals surface area contributed by atoms with Crippen molar-refractivity contribution in [3.8, 4) is 0 Å². The van der Waals surface area contributed by atoms with Crippen LogP contribution in [0.25, 0.3) is 10.1 Å². The summed E-state index contributed by atoms with van der Waals surface area (Å²) < 4.78 is 1.30. The normalized spacial score (nSPS) is 28.6. The van der Waals surface area contributed by atoms with Gasteiger partial charge >= 0.3 is 0 Å². The van der Waals surface area contributed by atoms with E-state index >= 15 is 0 Å². The molecule has 2 saturated heterocycles. The van der Waals surface area contributed by atoms with Crippen LogP contribution in [0.2, 0.25) is 5.02 Å². The van der Waals surface area contributed by atoms with Crippen LogP contribution in [0.3, 0.4) is 0 Å². The summed E-state index contributed by atoms with van der Waals surface area (Å²) >= 11 is 8.43. The predicted octanol–water partition coefficient (Wildman–Crippen LogP) is 4.27. The third-order valence-electron chi connectivity index (χ3n) is 5.07. The van der Waals surface area contributed by atoms with E-state index < -0.39 is 0 Å². The molecule has 2 nitrogen and oxygen atoms in total. The highest BCUT2D eigenvalue weighted by Gasteiger charge is 2.35. The van der Waals surface area contributed by atoms with Crippen LogP contribution in [0, 0.1) is 0 Å². The molecule has 0 radical (unpaired) electrons. The maximum Gasteiger partial charge on any atom is 0.0637 e. The lowest BCUT2D eigenvalue weighted by Gasteiger charge is -2.35. The number of piperidine rings is 1. The van der Waals surface area contributed by atoms with Gasteiger partial charge in [-0.3, -0.25) is 4.90 Å². The van der Waals surface area contributed by atoms with E-state index in [-0.39, 0.29) is 0 Å². The molecular formula is C17H21ClN2S. The van der Waals surface area contributed by atoms with E-state index in [0.717, 1.165) is 23.7 Å². The van der Waals surface area contributed by atoms with Crippen molar-refractivity contribution in [3.05, 3.63) is 34.2 Å². The van der Waals surface area contributed by atoms with Gasteiger partial charge in [0, 0.05) is 39.6 Å². The SMILES string of the molecule is CN(Cc1sc2ccccc2c1Cl)C1CC2CCC(C1)N2. The van der Waals surface area contributed by atoms with Crippen molar-refractivity contribution < 1.29 is 0 Å². The van der Waals surface area contributed by atoms with Crippen LogP contribution in [0.1, 0.15) is 30.6 Å². The molecule has 2 unspecified atom stereocenters. The van der Waals surface area contributed by atoms with Crippen molar-refractivity contribution >= 4 is 33.0 Å². The zero-order chi connectivity index (χ0) is 14.4. The number of halogens is 1. The Morgan fingerprint density at radius 3 is 2.67 bits per heavy atom. The Morgan fingerprint density at radius 1 is 1.24 bits per heavy atom. The standard InChI is InChI=1S/C17H21ClN2S/c1-20(13-8-11-6-7-12(9-13)19-11)10-16-17(18)14-4-2-3-5-15(14)21-16/h2-5,11-13,19H,6-10H2,1H3. The lowest BCUT2D eigenvalue weighted by molar-refractivity contribution is 0.167. The van der Waals surface area contributed by atoms with Crippen molar-refractivity contribution in [3.63, 3.8) is 0 Å². The third-order valence-corrected chi connectivity index (χ3v) is 6.77. The highest BCUT2D eigenvalue weighted by Crippen LogP contribution is 2.37. The Balaban J connectivity index is 1.53. The van der Waals surface area contributed by atoms with Gasteiger partial charge in [-0.1, -0.05) is 29.8 Å². The van der Waals surface area contributed by atoms with E-state index in [1.807, 2.05) is 11.3 Å². The molecule has 2 atom stereocenters. The second kappa shape index (κ2) is 5.54. The van der Waals surface area contributed by atoms with Crippen molar-refractivity contribution in [1.29, 1.82) is 0 Å². The number of hydrogen-bond donors (Lipinski definition) is 1. The summed E-state index contributed by atoms with van der Waals surface area (Å²) in [5.74, 6) is 0. The summed E-state index contributed by atoms with van der Waals surface area (Å²) in [7, 11) is 2.26. The molecule has 0 saturated carbocycles. The van der Waals surface area contributed by atoms with Crippen LogP contribution in [-0.4, -0.2) is 30.1 Å². The molecule has 0 amide bonds. The Hall–Kier alpha value is -0.610. The van der Waals surface area contributed by atoms with E-state index in [1.54, 1.807) is 0 Å². The van der Waals surface area contributed by atoms with Gasteiger partial charge < -0.3 is 5.32 Å². The molecule has 2 bridgehead atoms. The summed E-state index contributed by atoms with van der Waals surface area (Å²) in [6.45, 7) is 0.974. The highest BCUT2D eigenvalue weighted by molar-refractivity contribution is 7.19. The molecular weight excluding hydrogens is 300 g/mol. The molecule has 4 heteroatoms. The molecule has 1 aromatic heterocycles. The molecule has 21 heavy (non-hydrogen) atoms. The topological polar surface area (TPSA) is 15.3 Å². The zero-order valence-electron chi connectivity index (χ0n) is 12.3. The first-order valence-corrected chi connectivity index (χ1v) is 9.02. The Kier molecular flexibility index (Phi) is 3.70. The van der Waals surface area contributed by atoms with Gasteiger partial charge in [-0.05, 0) is 38.8 Å². The van der Waals surface area contributed by atoms with Crippen LogP contribution in [0.4, 0.5) is 0 Å². The van der Waals surface area contributed by atoms with Gasteiger partial charge in [-0.25, -0.2) is 0 Å². The Morgan fingerprint density at radius 2 is 1.95 bits per heavy atom. The first kappa shape index (κ1) is 14.0. The van der Waals surface area contributed by atoms with Crippen LogP contribution < -0.4 is 5.32 Å². The fraction of sp³-hybridized carbons (Fsp3) is 0.529. The summed E-state index contributed by atoms with van der Waals surface area (Å²) in [5.41, 5.74) is 0. The number of nitrogens with zero attached hydrogens (tertiary/aromatic N) is 1. The number of thiophene rings is 1. The van der Waals surface area contributed by atoms with E-state index in [1.165, 1.54) is 40.6 Å². The van der Waals surface area contributed by atoms with Crippen LogP contribution in [0.5, 0.6) is 0 Å². The molecule has 0 aliphatic carbocycles. The van der Waals surface area contributed by atoms with Crippen LogP contribution in [0.15, 0.2) is 24.3 Å². The average Bonchev–Trinajstić information content (AvgIpc) is 2.99. The van der Waals surface area contributed by atoms with Gasteiger partial charge in [0.25, 0.3) is 0 Å². The molecule has 2 fully saturated rings. The van der Waals surface area contributed by atoms with E-state index in [9.17, 15) is 0 Å². The van der Waals surface area contributed by atoms with Gasteiger partial charge in [0.15, 0.2) is 0 Å². The van der Waals surface area contributed by atoms with E-state index in [4.69, 9.17) is 11.6 Å². The van der Waals surface area contributed by atoms with Crippen molar-refractivity contribution in [2.75, 3.05) is 7.05 Å². The number of rotatable bonds is 3. The van der Waals surface area contributed by atoms with E-state index in [2.05, 4.69) is 41.5 Å². The number of nitrogens with one attached hydrogen (secondary N) is 1. The molecule has 2 aromatic rings. The minimum absolute atomic E-state index is 0.699. The fourth-order valence-corrected chi connectivity index (χ4v) is 5.47. The predicted molar refractivity (Wildman–Crippen MR) is 91.3 cm³/mol. The highest BCUT2D eigenvalue weighted by atomic mass is 35.5. The first-order chi connectivity index (χ1) is 10.2. The molecule has 2 aliphatic rings. The maximum atomic E-state index is 6.58. The quantitative estimate of drug-likeness (QED) is 0.908. The smallest absolute Gasteiger partial charge is 0.0637 e. The second-order valence-electron chi connectivity index (χ2n) is 6.51. The lowest BCUT2D eigenvalue weighted by atomic mass is 9.98. The monoisotopic (exact) mass is 320 g/mol. The number of fused-ring (bicyclic) bond motifs is 3. The molecule has 112 valence electrons. The molecule has 2 aliphatic heterocycles. The maximum absolute atomic E-state index is 6.58. The van der Waals surface area contributed by atoms with Gasteiger partial charge in [0.1, 0.15) is 0 Å². The summed E-state index contributed by atoms with van der Waals surface area (Å²) in [6.07, 6.45) is 5.29. The van der Waals surface area contributed by atoms with Crippen LogP contribution in [-0.2, 0) is 6.54 Å². The largest absolute Gasteiger partial charge is 0.311 e. The molecule has 1 N–H and O–H groups in total. The third kappa shape index (κ3) is 2.61. The molecule has 4 rings (SSSR count). The minimum atomic E-state index is 0.699. The Labute approximate surface area is 135 Å². The summed E-state index contributed by atoms with van der Waals surface area (Å²) in [6, 6.07) is 10.6. The summed E-state index contributed by atoms with van der Waals surface area (Å²) in [4.78, 5) is 3.83. The van der Waals surface area contributed by atoms with Gasteiger partial charge in [-0.2, -0.15) is 0 Å². The van der Waals surface area contributed by atoms with Crippen molar-refractivity contribution in [1.82, 2.24) is 10.2 Å². The second-order valence-corrected chi connectivity index (χ2v) is 8.03. The van der Waals surface area contributed by atoms with E-state index in [0.29, 0.717) is 6.04 Å².